The van der Waals surface area contributed by atoms with Crippen molar-refractivity contribution in [1.29, 1.82) is 0 Å². The molecule has 160 valence electrons. The Hall–Kier alpha value is -2.75. The molecule has 0 unspecified atom stereocenters. The Labute approximate surface area is 188 Å². The van der Waals surface area contributed by atoms with Crippen molar-refractivity contribution >= 4 is 29.6 Å². The van der Waals surface area contributed by atoms with Gasteiger partial charge in [-0.05, 0) is 67.1 Å². The van der Waals surface area contributed by atoms with Crippen molar-refractivity contribution in [1.82, 2.24) is 0 Å². The highest BCUT2D eigenvalue weighted by Crippen LogP contribution is 2.43. The summed E-state index contributed by atoms with van der Waals surface area (Å²) in [5.74, 6) is 2.17. The molecule has 3 nitrogen and oxygen atoms in total. The molecular weight excluding hydrogens is 377 g/mol. The summed E-state index contributed by atoms with van der Waals surface area (Å²) < 4.78 is 2.28. The van der Waals surface area contributed by atoms with Gasteiger partial charge in [0, 0.05) is 5.46 Å². The maximum Gasteiger partial charge on any atom is 0.538 e. The summed E-state index contributed by atoms with van der Waals surface area (Å²) in [6.07, 6.45) is 2.19. The van der Waals surface area contributed by atoms with E-state index < -0.39 is 0 Å². The van der Waals surface area contributed by atoms with Crippen LogP contribution >= 0.6 is 0 Å². The van der Waals surface area contributed by atoms with Gasteiger partial charge in [0.15, 0.2) is 0 Å². The van der Waals surface area contributed by atoms with Gasteiger partial charge in [0.25, 0.3) is 5.82 Å². The van der Waals surface area contributed by atoms with E-state index in [9.17, 15) is 0 Å². The average molecular weight is 412 g/mol. The van der Waals surface area contributed by atoms with Crippen LogP contribution in [-0.4, -0.2) is 14.0 Å². The predicted molar refractivity (Wildman–Crippen MR) is 134 cm³/mol. The first kappa shape index (κ1) is 21.5. The highest BCUT2D eigenvalue weighted by atomic mass is 15.3. The van der Waals surface area contributed by atoms with Gasteiger partial charge in [-0.3, -0.25) is 4.81 Å². The SMILES string of the molecule is Cc1ccccc1N1B(c2c(C(C)C)cccc2C(C)C)N(C)c2c(C)cc[n+](C)c21. The number of aryl methyl sites for hydroxylation is 3. The summed E-state index contributed by atoms with van der Waals surface area (Å²) in [5, 5.41) is 0. The van der Waals surface area contributed by atoms with Crippen LogP contribution in [0.25, 0.3) is 0 Å². The predicted octanol–water partition coefficient (Wildman–Crippen LogP) is 5.36. The summed E-state index contributed by atoms with van der Waals surface area (Å²) in [4.78, 5) is 5.05. The van der Waals surface area contributed by atoms with Gasteiger partial charge in [0.2, 0.25) is 0 Å². The van der Waals surface area contributed by atoms with E-state index >= 15 is 0 Å². The largest absolute Gasteiger partial charge is 0.538 e. The van der Waals surface area contributed by atoms with Crippen LogP contribution in [-0.2, 0) is 7.05 Å². The van der Waals surface area contributed by atoms with E-state index in [1.54, 1.807) is 0 Å². The van der Waals surface area contributed by atoms with Crippen molar-refractivity contribution in [2.75, 3.05) is 16.7 Å². The Bertz CT molecular complexity index is 1090. The van der Waals surface area contributed by atoms with Gasteiger partial charge in [-0.25, -0.2) is 4.57 Å². The molecule has 0 radical (unpaired) electrons. The zero-order valence-electron chi connectivity index (χ0n) is 20.3. The molecule has 3 aromatic rings. The van der Waals surface area contributed by atoms with Gasteiger partial charge in [-0.15, -0.1) is 0 Å². The number of hydrogen-bond donors (Lipinski definition) is 0. The summed E-state index contributed by atoms with van der Waals surface area (Å²) >= 11 is 0. The summed E-state index contributed by atoms with van der Waals surface area (Å²) in [6, 6.07) is 17.9. The van der Waals surface area contributed by atoms with Crippen molar-refractivity contribution in [2.24, 2.45) is 7.05 Å². The van der Waals surface area contributed by atoms with E-state index in [0.717, 1.165) is 0 Å². The Morgan fingerprint density at radius 2 is 1.42 bits per heavy atom. The summed E-state index contributed by atoms with van der Waals surface area (Å²) in [6.45, 7) is 13.8. The zero-order valence-corrected chi connectivity index (χ0v) is 20.3. The smallest absolute Gasteiger partial charge is 0.366 e. The van der Waals surface area contributed by atoms with Gasteiger partial charge in [0.1, 0.15) is 11.4 Å². The molecule has 2 heterocycles. The number of para-hydroxylation sites is 1. The van der Waals surface area contributed by atoms with Crippen LogP contribution in [0.3, 0.4) is 0 Å². The summed E-state index contributed by atoms with van der Waals surface area (Å²) in [5.41, 5.74) is 9.52. The lowest BCUT2D eigenvalue weighted by Crippen LogP contribution is -2.57. The molecule has 0 N–H and O–H groups in total. The third-order valence-electron chi connectivity index (χ3n) is 6.71. The van der Waals surface area contributed by atoms with Crippen molar-refractivity contribution < 1.29 is 4.57 Å². The number of fused-ring (bicyclic) bond motifs is 1. The Balaban J connectivity index is 2.08. The molecule has 4 rings (SSSR count). The first-order valence-corrected chi connectivity index (χ1v) is 11.4. The second-order valence-electron chi connectivity index (χ2n) is 9.58. The molecule has 1 aromatic heterocycles. The van der Waals surface area contributed by atoms with E-state index in [0.29, 0.717) is 11.8 Å². The zero-order chi connectivity index (χ0) is 22.4. The fourth-order valence-electron chi connectivity index (χ4n) is 5.16. The Kier molecular flexibility index (Phi) is 5.59. The standard InChI is InChI=1S/C27H35BN3/c1-18(2)22-13-11-14-23(19(3)4)25(22)28-30(8)26-21(6)16-17-29(7)27(26)31(28)24-15-10-9-12-20(24)5/h9-19H,1-8H3/q+1. The molecule has 0 saturated carbocycles. The number of pyridine rings is 1. The normalized spacial score (nSPS) is 13.5. The van der Waals surface area contributed by atoms with Crippen LogP contribution in [0.4, 0.5) is 17.2 Å². The third-order valence-corrected chi connectivity index (χ3v) is 6.71. The quantitative estimate of drug-likeness (QED) is 0.422. The minimum absolute atomic E-state index is 0.111. The van der Waals surface area contributed by atoms with Crippen LogP contribution in [0.5, 0.6) is 0 Å². The number of benzene rings is 2. The number of aromatic nitrogens is 1. The molecular formula is C27H35BN3+. The maximum atomic E-state index is 2.56. The number of nitrogens with zero attached hydrogens (tertiary/aromatic N) is 3. The molecule has 0 amide bonds. The van der Waals surface area contributed by atoms with E-state index in [-0.39, 0.29) is 6.98 Å². The summed E-state index contributed by atoms with van der Waals surface area (Å²) in [7, 11) is 4.42. The molecule has 0 fully saturated rings. The van der Waals surface area contributed by atoms with Crippen LogP contribution in [0.15, 0.2) is 54.7 Å². The van der Waals surface area contributed by atoms with Gasteiger partial charge < -0.3 is 4.81 Å². The molecule has 0 aliphatic carbocycles. The molecule has 0 saturated heterocycles. The van der Waals surface area contributed by atoms with Crippen LogP contribution in [0, 0.1) is 13.8 Å². The highest BCUT2D eigenvalue weighted by Gasteiger charge is 2.53. The van der Waals surface area contributed by atoms with E-state index in [2.05, 4.69) is 125 Å². The number of rotatable bonds is 4. The number of anilines is 3. The van der Waals surface area contributed by atoms with Gasteiger partial charge in [-0.1, -0.05) is 64.1 Å². The fourth-order valence-corrected chi connectivity index (χ4v) is 5.16. The first-order chi connectivity index (χ1) is 14.7. The van der Waals surface area contributed by atoms with Crippen molar-refractivity contribution in [3.63, 3.8) is 0 Å². The maximum absolute atomic E-state index is 2.56. The van der Waals surface area contributed by atoms with E-state index in [1.807, 2.05) is 0 Å². The van der Waals surface area contributed by atoms with Crippen molar-refractivity contribution in [3.8, 4) is 0 Å². The van der Waals surface area contributed by atoms with Crippen molar-refractivity contribution in [3.05, 3.63) is 77.0 Å². The fraction of sp³-hybridized carbons (Fsp3) is 0.370. The minimum Gasteiger partial charge on any atom is -0.366 e. The van der Waals surface area contributed by atoms with E-state index in [4.69, 9.17) is 0 Å². The van der Waals surface area contributed by atoms with Crippen molar-refractivity contribution in [2.45, 2.75) is 53.4 Å². The van der Waals surface area contributed by atoms with Crippen LogP contribution in [0.2, 0.25) is 0 Å². The lowest BCUT2D eigenvalue weighted by atomic mass is 9.59. The molecule has 1 aliphatic heterocycles. The first-order valence-electron chi connectivity index (χ1n) is 11.4. The molecule has 0 atom stereocenters. The molecule has 2 aromatic carbocycles. The Morgan fingerprint density at radius 3 is 2.00 bits per heavy atom. The topological polar surface area (TPSA) is 10.4 Å². The monoisotopic (exact) mass is 412 g/mol. The minimum atomic E-state index is 0.111. The molecule has 31 heavy (non-hydrogen) atoms. The third kappa shape index (κ3) is 3.42. The highest BCUT2D eigenvalue weighted by molar-refractivity contribution is 6.83. The number of hydrogen-bond acceptors (Lipinski definition) is 2. The van der Waals surface area contributed by atoms with E-state index in [1.165, 1.54) is 44.9 Å². The van der Waals surface area contributed by atoms with Crippen LogP contribution in [0.1, 0.15) is 61.8 Å². The molecule has 0 bridgehead atoms. The van der Waals surface area contributed by atoms with Gasteiger partial charge >= 0.3 is 6.98 Å². The average Bonchev–Trinajstić information content (AvgIpc) is 3.04. The van der Waals surface area contributed by atoms with Gasteiger partial charge in [-0.2, -0.15) is 0 Å². The lowest BCUT2D eigenvalue weighted by molar-refractivity contribution is -0.657. The lowest BCUT2D eigenvalue weighted by Gasteiger charge is -2.28. The second kappa shape index (κ2) is 8.07. The molecule has 1 aliphatic rings. The molecule has 4 heteroatoms. The van der Waals surface area contributed by atoms with Crippen LogP contribution < -0.4 is 19.7 Å². The Morgan fingerprint density at radius 1 is 0.806 bits per heavy atom. The molecule has 0 spiro atoms. The second-order valence-corrected chi connectivity index (χ2v) is 9.58. The van der Waals surface area contributed by atoms with Gasteiger partial charge in [0.05, 0.1) is 13.2 Å².